The third-order valence-corrected chi connectivity index (χ3v) is 6.06. The molecule has 0 bridgehead atoms. The maximum Gasteiger partial charge on any atom is 0.322 e. The van der Waals surface area contributed by atoms with E-state index in [1.807, 2.05) is 18.2 Å². The van der Waals surface area contributed by atoms with Gasteiger partial charge in [0.1, 0.15) is 11.5 Å². The highest BCUT2D eigenvalue weighted by atomic mass is 35.5. The average molecular weight is 482 g/mol. The van der Waals surface area contributed by atoms with Crippen LogP contribution in [0.5, 0.6) is 11.5 Å². The SMILES string of the molecule is COc1ccc(CN(CCCN2CCOCC2)C(=O)Nc2ccc(Cl)c(Cl)c2)c(OC)c1. The van der Waals surface area contributed by atoms with E-state index < -0.39 is 0 Å². The second-order valence-corrected chi connectivity index (χ2v) is 8.28. The number of amides is 2. The summed E-state index contributed by atoms with van der Waals surface area (Å²) in [5.74, 6) is 1.37. The molecule has 0 aliphatic carbocycles. The van der Waals surface area contributed by atoms with Crippen molar-refractivity contribution in [3.8, 4) is 11.5 Å². The van der Waals surface area contributed by atoms with E-state index in [1.54, 1.807) is 37.3 Å². The van der Waals surface area contributed by atoms with Crippen LogP contribution >= 0.6 is 23.2 Å². The molecule has 0 aromatic heterocycles. The highest BCUT2D eigenvalue weighted by Gasteiger charge is 2.18. The van der Waals surface area contributed by atoms with E-state index in [1.165, 1.54) is 0 Å². The Bertz CT molecular complexity index is 907. The molecule has 2 aromatic carbocycles. The van der Waals surface area contributed by atoms with Gasteiger partial charge in [-0.1, -0.05) is 23.2 Å². The average Bonchev–Trinajstić information content (AvgIpc) is 2.81. The Kier molecular flexibility index (Phi) is 9.29. The second-order valence-electron chi connectivity index (χ2n) is 7.47. The van der Waals surface area contributed by atoms with Gasteiger partial charge in [0.15, 0.2) is 0 Å². The summed E-state index contributed by atoms with van der Waals surface area (Å²) in [5.41, 5.74) is 1.48. The van der Waals surface area contributed by atoms with E-state index in [9.17, 15) is 4.79 Å². The topological polar surface area (TPSA) is 63.3 Å². The lowest BCUT2D eigenvalue weighted by atomic mass is 10.1. The van der Waals surface area contributed by atoms with Gasteiger partial charge in [0, 0.05) is 43.5 Å². The number of ether oxygens (including phenoxy) is 3. The molecule has 7 nitrogen and oxygen atoms in total. The molecular weight excluding hydrogens is 453 g/mol. The van der Waals surface area contributed by atoms with Crippen molar-refractivity contribution in [2.24, 2.45) is 0 Å². The number of hydrogen-bond donors (Lipinski definition) is 1. The van der Waals surface area contributed by atoms with E-state index in [0.29, 0.717) is 40.3 Å². The molecule has 2 aromatic rings. The van der Waals surface area contributed by atoms with Crippen molar-refractivity contribution in [3.05, 3.63) is 52.0 Å². The van der Waals surface area contributed by atoms with Gasteiger partial charge in [-0.25, -0.2) is 4.79 Å². The number of benzene rings is 2. The summed E-state index contributed by atoms with van der Waals surface area (Å²) in [6.07, 6.45) is 0.841. The van der Waals surface area contributed by atoms with Crippen molar-refractivity contribution < 1.29 is 19.0 Å². The van der Waals surface area contributed by atoms with Crippen molar-refractivity contribution in [2.45, 2.75) is 13.0 Å². The first-order chi connectivity index (χ1) is 15.5. The number of carbonyl (C=O) groups is 1. The fraction of sp³-hybridized carbons (Fsp3) is 0.435. The summed E-state index contributed by atoms with van der Waals surface area (Å²) >= 11 is 12.1. The lowest BCUT2D eigenvalue weighted by Gasteiger charge is -2.29. The Morgan fingerprint density at radius 1 is 1.09 bits per heavy atom. The van der Waals surface area contributed by atoms with Gasteiger partial charge in [0.25, 0.3) is 0 Å². The summed E-state index contributed by atoms with van der Waals surface area (Å²) in [6, 6.07) is 10.4. The molecule has 0 spiro atoms. The molecule has 3 rings (SSSR count). The van der Waals surface area contributed by atoms with Gasteiger partial charge in [-0.05, 0) is 36.8 Å². The fourth-order valence-corrected chi connectivity index (χ4v) is 3.82. The molecule has 9 heteroatoms. The molecule has 1 heterocycles. The fourth-order valence-electron chi connectivity index (χ4n) is 3.53. The van der Waals surface area contributed by atoms with Crippen LogP contribution in [0.15, 0.2) is 36.4 Å². The first-order valence-electron chi connectivity index (χ1n) is 10.5. The van der Waals surface area contributed by atoms with Gasteiger partial charge in [0.2, 0.25) is 0 Å². The molecule has 174 valence electrons. The van der Waals surface area contributed by atoms with Crippen LogP contribution in [0.4, 0.5) is 10.5 Å². The van der Waals surface area contributed by atoms with Gasteiger partial charge in [-0.15, -0.1) is 0 Å². The molecule has 1 saturated heterocycles. The summed E-state index contributed by atoms with van der Waals surface area (Å²) < 4.78 is 16.2. The number of halogens is 2. The van der Waals surface area contributed by atoms with E-state index in [0.717, 1.165) is 44.8 Å². The minimum atomic E-state index is -0.219. The molecule has 32 heavy (non-hydrogen) atoms. The van der Waals surface area contributed by atoms with E-state index in [4.69, 9.17) is 37.4 Å². The zero-order valence-corrected chi connectivity index (χ0v) is 19.9. The Labute approximate surface area is 199 Å². The normalized spacial score (nSPS) is 14.1. The number of rotatable bonds is 9. The van der Waals surface area contributed by atoms with Crippen molar-refractivity contribution in [3.63, 3.8) is 0 Å². The minimum Gasteiger partial charge on any atom is -0.497 e. The maximum atomic E-state index is 13.2. The molecule has 2 amide bonds. The lowest BCUT2D eigenvalue weighted by Crippen LogP contribution is -2.40. The van der Waals surface area contributed by atoms with Gasteiger partial charge in [-0.3, -0.25) is 4.90 Å². The molecule has 1 aliphatic rings. The molecule has 0 atom stereocenters. The van der Waals surface area contributed by atoms with Crippen molar-refractivity contribution in [2.75, 3.05) is 58.9 Å². The molecule has 0 saturated carbocycles. The monoisotopic (exact) mass is 481 g/mol. The number of nitrogens with zero attached hydrogens (tertiary/aromatic N) is 2. The standard InChI is InChI=1S/C23H29Cl2N3O4/c1-30-19-6-4-17(22(15-19)31-2)16-28(9-3-8-27-10-12-32-13-11-27)23(29)26-18-5-7-20(24)21(25)14-18/h4-7,14-15H,3,8-13,16H2,1-2H3,(H,26,29). The number of hydrogen-bond acceptors (Lipinski definition) is 5. The van der Waals surface area contributed by atoms with Crippen LogP contribution in [-0.2, 0) is 11.3 Å². The highest BCUT2D eigenvalue weighted by molar-refractivity contribution is 6.42. The first-order valence-corrected chi connectivity index (χ1v) is 11.3. The van der Waals surface area contributed by atoms with Crippen LogP contribution in [0.2, 0.25) is 10.0 Å². The molecule has 0 unspecified atom stereocenters. The van der Waals surface area contributed by atoms with Gasteiger partial charge >= 0.3 is 6.03 Å². The van der Waals surface area contributed by atoms with Gasteiger partial charge < -0.3 is 24.4 Å². The third-order valence-electron chi connectivity index (χ3n) is 5.32. The van der Waals surface area contributed by atoms with E-state index >= 15 is 0 Å². The number of methoxy groups -OCH3 is 2. The van der Waals surface area contributed by atoms with Crippen LogP contribution in [0.25, 0.3) is 0 Å². The van der Waals surface area contributed by atoms with Crippen LogP contribution in [0, 0.1) is 0 Å². The molecule has 1 aliphatic heterocycles. The summed E-state index contributed by atoms with van der Waals surface area (Å²) in [5, 5.41) is 3.75. The Morgan fingerprint density at radius 3 is 2.56 bits per heavy atom. The smallest absolute Gasteiger partial charge is 0.322 e. The second kappa shape index (κ2) is 12.2. The number of nitrogens with one attached hydrogen (secondary N) is 1. The third kappa shape index (κ3) is 6.90. The van der Waals surface area contributed by atoms with Gasteiger partial charge in [0.05, 0.1) is 44.0 Å². The van der Waals surface area contributed by atoms with Crippen molar-refractivity contribution >= 4 is 34.9 Å². The van der Waals surface area contributed by atoms with Crippen molar-refractivity contribution in [1.29, 1.82) is 0 Å². The number of carbonyl (C=O) groups excluding carboxylic acids is 1. The largest absolute Gasteiger partial charge is 0.497 e. The van der Waals surface area contributed by atoms with Crippen LogP contribution in [-0.4, -0.2) is 69.4 Å². The Balaban J connectivity index is 1.71. The summed E-state index contributed by atoms with van der Waals surface area (Å²) in [4.78, 5) is 17.3. The first kappa shape index (κ1) is 24.5. The number of anilines is 1. The molecule has 0 radical (unpaired) electrons. The van der Waals surface area contributed by atoms with Gasteiger partial charge in [-0.2, -0.15) is 0 Å². The Hall–Kier alpha value is -2.19. The predicted octanol–water partition coefficient (Wildman–Crippen LogP) is 4.77. The molecule has 1 fully saturated rings. The van der Waals surface area contributed by atoms with E-state index in [2.05, 4.69) is 10.2 Å². The summed E-state index contributed by atoms with van der Waals surface area (Å²) in [6.45, 7) is 5.22. The lowest BCUT2D eigenvalue weighted by molar-refractivity contribution is 0.0365. The van der Waals surface area contributed by atoms with Crippen LogP contribution in [0.3, 0.4) is 0 Å². The van der Waals surface area contributed by atoms with Crippen molar-refractivity contribution in [1.82, 2.24) is 9.80 Å². The molecular formula is C23H29Cl2N3O4. The van der Waals surface area contributed by atoms with E-state index in [-0.39, 0.29) is 6.03 Å². The summed E-state index contributed by atoms with van der Waals surface area (Å²) in [7, 11) is 3.22. The zero-order valence-electron chi connectivity index (χ0n) is 18.4. The highest BCUT2D eigenvalue weighted by Crippen LogP contribution is 2.27. The molecule has 1 N–H and O–H groups in total. The zero-order chi connectivity index (χ0) is 22.9. The maximum absolute atomic E-state index is 13.2. The quantitative estimate of drug-likeness (QED) is 0.558. The van der Waals surface area contributed by atoms with Crippen LogP contribution in [0.1, 0.15) is 12.0 Å². The Morgan fingerprint density at radius 2 is 1.88 bits per heavy atom. The minimum absolute atomic E-state index is 0.219. The number of morpholine rings is 1. The predicted molar refractivity (Wildman–Crippen MR) is 127 cm³/mol. The number of urea groups is 1. The van der Waals surface area contributed by atoms with Crippen LogP contribution < -0.4 is 14.8 Å².